The predicted molar refractivity (Wildman–Crippen MR) is 106 cm³/mol. The fourth-order valence-electron chi connectivity index (χ4n) is 3.93. The molecule has 1 saturated carbocycles. The van der Waals surface area contributed by atoms with Crippen molar-refractivity contribution >= 4 is 11.6 Å². The van der Waals surface area contributed by atoms with Crippen LogP contribution in [0.3, 0.4) is 0 Å². The zero-order valence-electron chi connectivity index (χ0n) is 16.7. The van der Waals surface area contributed by atoms with Gasteiger partial charge in [-0.1, -0.05) is 13.8 Å². The van der Waals surface area contributed by atoms with E-state index < -0.39 is 0 Å². The summed E-state index contributed by atoms with van der Waals surface area (Å²) >= 11 is 0. The number of aromatic nitrogens is 3. The molecule has 0 radical (unpaired) electrons. The van der Waals surface area contributed by atoms with Gasteiger partial charge < -0.3 is 10.2 Å². The Bertz CT molecular complexity index is 802. The van der Waals surface area contributed by atoms with Gasteiger partial charge in [0.05, 0.1) is 0 Å². The van der Waals surface area contributed by atoms with E-state index in [0.717, 1.165) is 18.8 Å². The fourth-order valence-corrected chi connectivity index (χ4v) is 3.93. The summed E-state index contributed by atoms with van der Waals surface area (Å²) in [5.41, 5.74) is 2.33. The Hall–Kier alpha value is -1.95. The van der Waals surface area contributed by atoms with E-state index in [1.807, 2.05) is 17.5 Å². The van der Waals surface area contributed by atoms with Crippen LogP contribution in [0.1, 0.15) is 68.6 Å². The number of imidazole rings is 1. The minimum atomic E-state index is -0.136. The van der Waals surface area contributed by atoms with Crippen molar-refractivity contribution in [3.8, 4) is 0 Å². The maximum atomic E-state index is 12.6. The first-order valence-electron chi connectivity index (χ1n) is 10.4. The molecule has 1 N–H and O–H groups in total. The molecule has 27 heavy (non-hydrogen) atoms. The van der Waals surface area contributed by atoms with Crippen molar-refractivity contribution in [3.05, 3.63) is 30.0 Å². The van der Waals surface area contributed by atoms with Gasteiger partial charge >= 0.3 is 0 Å². The highest BCUT2D eigenvalue weighted by atomic mass is 16.2. The number of amides is 1. The number of piperidine rings is 1. The molecule has 6 heteroatoms. The van der Waals surface area contributed by atoms with E-state index in [-0.39, 0.29) is 11.9 Å². The van der Waals surface area contributed by atoms with Crippen molar-refractivity contribution in [1.82, 2.24) is 24.6 Å². The largest absolute Gasteiger partial charge is 0.348 e. The van der Waals surface area contributed by atoms with E-state index in [1.165, 1.54) is 38.2 Å². The summed E-state index contributed by atoms with van der Waals surface area (Å²) < 4.78 is 2.02. The van der Waals surface area contributed by atoms with Crippen molar-refractivity contribution in [1.29, 1.82) is 0 Å². The van der Waals surface area contributed by atoms with E-state index in [4.69, 9.17) is 0 Å². The second-order valence-electron chi connectivity index (χ2n) is 8.68. The number of carbonyl (C=O) groups excluding carboxylic acids is 1. The van der Waals surface area contributed by atoms with E-state index in [1.54, 1.807) is 6.33 Å². The predicted octanol–water partition coefficient (Wildman–Crippen LogP) is 3.09. The van der Waals surface area contributed by atoms with E-state index >= 15 is 0 Å². The Morgan fingerprint density at radius 2 is 1.93 bits per heavy atom. The summed E-state index contributed by atoms with van der Waals surface area (Å²) in [6, 6.07) is 2.20. The third-order valence-electron chi connectivity index (χ3n) is 6.26. The van der Waals surface area contributed by atoms with Crippen LogP contribution in [0.5, 0.6) is 0 Å². The van der Waals surface area contributed by atoms with Gasteiger partial charge in [-0.25, -0.2) is 9.97 Å². The Morgan fingerprint density at radius 1 is 1.19 bits per heavy atom. The van der Waals surface area contributed by atoms with Gasteiger partial charge in [0.2, 0.25) is 0 Å². The van der Waals surface area contributed by atoms with Gasteiger partial charge in [0.1, 0.15) is 6.33 Å². The number of fused-ring (bicyclic) bond motifs is 1. The molecule has 1 aliphatic carbocycles. The fraction of sp³-hybridized carbons (Fsp3) is 0.667. The first-order chi connectivity index (χ1) is 13.0. The molecule has 0 aromatic carbocycles. The van der Waals surface area contributed by atoms with Gasteiger partial charge in [0, 0.05) is 30.4 Å². The lowest BCUT2D eigenvalue weighted by atomic mass is 9.93. The third kappa shape index (κ3) is 4.00. The summed E-state index contributed by atoms with van der Waals surface area (Å²) in [7, 11) is 0. The van der Waals surface area contributed by atoms with E-state index in [2.05, 4.69) is 40.1 Å². The van der Waals surface area contributed by atoms with Crippen LogP contribution in [0.25, 0.3) is 5.65 Å². The average Bonchev–Trinajstić information content (AvgIpc) is 3.36. The van der Waals surface area contributed by atoms with Gasteiger partial charge in [-0.2, -0.15) is 0 Å². The molecule has 1 amide bonds. The summed E-state index contributed by atoms with van der Waals surface area (Å²) in [5, 5.41) is 3.04. The van der Waals surface area contributed by atoms with Crippen LogP contribution in [-0.2, 0) is 0 Å². The second-order valence-corrected chi connectivity index (χ2v) is 8.68. The Balaban J connectivity index is 1.50. The number of nitrogens with one attached hydrogen (secondary N) is 1. The molecule has 2 aromatic heterocycles. The summed E-state index contributed by atoms with van der Waals surface area (Å²) in [6.07, 6.45) is 8.75. The number of rotatable bonds is 6. The van der Waals surface area contributed by atoms with E-state index in [9.17, 15) is 4.79 Å². The molecule has 146 valence electrons. The van der Waals surface area contributed by atoms with Crippen molar-refractivity contribution in [2.75, 3.05) is 19.6 Å². The molecule has 6 nitrogen and oxygen atoms in total. The molecule has 0 bridgehead atoms. The minimum Gasteiger partial charge on any atom is -0.348 e. The van der Waals surface area contributed by atoms with Crippen LogP contribution >= 0.6 is 0 Å². The van der Waals surface area contributed by atoms with Crippen molar-refractivity contribution < 1.29 is 4.79 Å². The van der Waals surface area contributed by atoms with Gasteiger partial charge in [-0.15, -0.1) is 0 Å². The Morgan fingerprint density at radius 3 is 2.59 bits per heavy atom. The topological polar surface area (TPSA) is 62.5 Å². The lowest BCUT2D eigenvalue weighted by Crippen LogP contribution is -2.36. The minimum absolute atomic E-state index is 0.105. The second kappa shape index (κ2) is 7.58. The number of nitrogens with zero attached hydrogens (tertiary/aromatic N) is 4. The third-order valence-corrected chi connectivity index (χ3v) is 6.26. The molecule has 2 aliphatic rings. The van der Waals surface area contributed by atoms with Gasteiger partial charge in [0.25, 0.3) is 5.91 Å². The molecule has 2 fully saturated rings. The standard InChI is InChI=1S/C21H31N5O/c1-14(2)15(3)24-21(27)19-20-22-9-6-18(26(20)13-23-19)17-7-10-25(11-8-17)12-16-4-5-16/h6,9,13-17H,4-5,7-8,10-12H2,1-3H3,(H,24,27)/t15-/m1/s1. The summed E-state index contributed by atoms with van der Waals surface area (Å²) in [6.45, 7) is 9.83. The number of hydrogen-bond donors (Lipinski definition) is 1. The van der Waals surface area contributed by atoms with Crippen LogP contribution in [-0.4, -0.2) is 50.9 Å². The normalized spacial score (nSPS) is 20.3. The quantitative estimate of drug-likeness (QED) is 0.850. The van der Waals surface area contributed by atoms with Gasteiger partial charge in [-0.05, 0) is 63.6 Å². The zero-order valence-corrected chi connectivity index (χ0v) is 16.7. The zero-order chi connectivity index (χ0) is 19.0. The maximum absolute atomic E-state index is 12.6. The van der Waals surface area contributed by atoms with Crippen LogP contribution in [0.2, 0.25) is 0 Å². The molecule has 0 unspecified atom stereocenters. The first kappa shape index (κ1) is 18.4. The summed E-state index contributed by atoms with van der Waals surface area (Å²) in [5.74, 6) is 1.71. The smallest absolute Gasteiger partial charge is 0.274 e. The first-order valence-corrected chi connectivity index (χ1v) is 10.4. The SMILES string of the molecule is CC(C)[C@@H](C)NC(=O)c1ncn2c(C3CCN(CC4CC4)CC3)ccnc12. The highest BCUT2D eigenvalue weighted by molar-refractivity contribution is 5.98. The maximum Gasteiger partial charge on any atom is 0.274 e. The summed E-state index contributed by atoms with van der Waals surface area (Å²) in [4.78, 5) is 24.1. The van der Waals surface area contributed by atoms with Crippen LogP contribution in [0, 0.1) is 11.8 Å². The molecule has 4 rings (SSSR count). The van der Waals surface area contributed by atoms with Gasteiger partial charge in [-0.3, -0.25) is 9.20 Å². The molecule has 1 atom stereocenters. The molecule has 2 aromatic rings. The molecular weight excluding hydrogens is 338 g/mol. The van der Waals surface area contributed by atoms with Gasteiger partial charge in [0.15, 0.2) is 11.3 Å². The molecule has 3 heterocycles. The van der Waals surface area contributed by atoms with Crippen molar-refractivity contribution in [2.24, 2.45) is 11.8 Å². The van der Waals surface area contributed by atoms with Crippen LogP contribution in [0.4, 0.5) is 0 Å². The number of carbonyl (C=O) groups is 1. The Kier molecular flexibility index (Phi) is 5.17. The molecule has 1 aliphatic heterocycles. The lowest BCUT2D eigenvalue weighted by Gasteiger charge is -2.32. The van der Waals surface area contributed by atoms with Crippen molar-refractivity contribution in [3.63, 3.8) is 0 Å². The molecule has 1 saturated heterocycles. The van der Waals surface area contributed by atoms with Crippen molar-refractivity contribution in [2.45, 2.75) is 58.4 Å². The molecule has 0 spiro atoms. The van der Waals surface area contributed by atoms with Crippen LogP contribution < -0.4 is 5.32 Å². The van der Waals surface area contributed by atoms with E-state index in [0.29, 0.717) is 23.2 Å². The lowest BCUT2D eigenvalue weighted by molar-refractivity contribution is 0.0927. The number of likely N-dealkylation sites (tertiary alicyclic amines) is 1. The number of hydrogen-bond acceptors (Lipinski definition) is 4. The Labute approximate surface area is 161 Å². The average molecular weight is 370 g/mol. The van der Waals surface area contributed by atoms with Crippen LogP contribution in [0.15, 0.2) is 18.6 Å². The monoisotopic (exact) mass is 369 g/mol. The molecular formula is C21H31N5O. The highest BCUT2D eigenvalue weighted by Crippen LogP contribution is 2.33. The highest BCUT2D eigenvalue weighted by Gasteiger charge is 2.28.